The summed E-state index contributed by atoms with van der Waals surface area (Å²) < 4.78 is 107. The van der Waals surface area contributed by atoms with Crippen molar-refractivity contribution in [2.45, 2.75) is 43.8 Å². The van der Waals surface area contributed by atoms with Gasteiger partial charge in [-0.25, -0.2) is 12.7 Å². The molecule has 4 heterocycles. The fraction of sp³-hybridized carbons (Fsp3) is 0.720. The van der Waals surface area contributed by atoms with Gasteiger partial charge in [0.1, 0.15) is 6.04 Å². The number of nitrogens with one attached hydrogen (secondary N) is 1. The maximum atomic E-state index is 13.6. The van der Waals surface area contributed by atoms with E-state index in [0.29, 0.717) is 26.2 Å². The van der Waals surface area contributed by atoms with Crippen molar-refractivity contribution in [2.24, 2.45) is 23.2 Å². The number of hydrogen-bond donors (Lipinski definition) is 2. The molecule has 224 valence electrons. The van der Waals surface area contributed by atoms with Crippen molar-refractivity contribution in [1.29, 1.82) is 0 Å². The third-order valence-corrected chi connectivity index (χ3v) is 10.4. The minimum Gasteiger partial charge on any atom is -0.480 e. The lowest BCUT2D eigenvalue weighted by atomic mass is 9.84. The molecule has 0 amide bonds. The molecule has 40 heavy (non-hydrogen) atoms. The van der Waals surface area contributed by atoms with E-state index in [0.717, 1.165) is 24.1 Å². The number of hydrogen-bond acceptors (Lipinski definition) is 6. The summed E-state index contributed by atoms with van der Waals surface area (Å²) in [4.78, 5) is 15.7. The van der Waals surface area contributed by atoms with Gasteiger partial charge in [0.2, 0.25) is 10.0 Å². The molecule has 0 saturated carbocycles. The van der Waals surface area contributed by atoms with Crippen molar-refractivity contribution < 1.29 is 44.7 Å². The molecule has 4 aliphatic rings. The average molecular weight is 599 g/mol. The number of halogens is 6. The third-order valence-electron chi connectivity index (χ3n) is 9.12. The Morgan fingerprint density at radius 1 is 1.05 bits per heavy atom. The zero-order valence-electron chi connectivity index (χ0n) is 21.7. The molecule has 1 aromatic carbocycles. The lowest BCUT2D eigenvalue weighted by Gasteiger charge is -2.32. The minimum atomic E-state index is -5.58. The van der Waals surface area contributed by atoms with Gasteiger partial charge in [0, 0.05) is 68.9 Å². The topological polar surface area (TPSA) is 93.2 Å². The average Bonchev–Trinajstić information content (AvgIpc) is 3.58. The number of fused-ring (bicyclic) bond motifs is 1. The Hall–Kier alpha value is -2.10. The first kappa shape index (κ1) is 29.4. The lowest BCUT2D eigenvalue weighted by molar-refractivity contribution is -0.293. The van der Waals surface area contributed by atoms with Crippen LogP contribution in [0.5, 0.6) is 0 Å². The number of carbonyl (C=O) groups is 1. The van der Waals surface area contributed by atoms with Gasteiger partial charge < -0.3 is 15.3 Å². The summed E-state index contributed by atoms with van der Waals surface area (Å²) in [7, 11) is -3.30. The summed E-state index contributed by atoms with van der Waals surface area (Å²) in [5, 5.41) is 11.8. The molecule has 5 unspecified atom stereocenters. The smallest absolute Gasteiger partial charge is 0.402 e. The van der Waals surface area contributed by atoms with Crippen LogP contribution in [-0.2, 0) is 21.4 Å². The fourth-order valence-corrected chi connectivity index (χ4v) is 8.22. The standard InChI is InChI=1S/C25H32F6N4O4S/c1-40(38,39)35-9-7-23(14-35)6-8-34(13-23)18-5-3-2-4-15(18)10-33-11-16-17(12-33)20(22(36)37)32-19(16)21(24(26,27)28)25(29,30)31/h2-5,16-17,19-21,32H,6-14H2,1H3,(H,36,37). The number of likely N-dealkylation sites (tertiary alicyclic amines) is 1. The number of nitrogens with zero attached hydrogens (tertiary/aromatic N) is 3. The van der Waals surface area contributed by atoms with Crippen molar-refractivity contribution in [3.05, 3.63) is 29.8 Å². The van der Waals surface area contributed by atoms with Crippen LogP contribution in [0, 0.1) is 23.2 Å². The minimum absolute atomic E-state index is 0.0508. The van der Waals surface area contributed by atoms with Crippen LogP contribution in [0.25, 0.3) is 0 Å². The first-order valence-electron chi connectivity index (χ1n) is 13.1. The van der Waals surface area contributed by atoms with Gasteiger partial charge in [0.25, 0.3) is 0 Å². The first-order valence-corrected chi connectivity index (χ1v) is 15.0. The number of rotatable bonds is 6. The summed E-state index contributed by atoms with van der Waals surface area (Å²) >= 11 is 0. The molecule has 5 rings (SSSR count). The highest BCUT2D eigenvalue weighted by atomic mass is 32.2. The lowest BCUT2D eigenvalue weighted by Crippen LogP contribution is -2.53. The van der Waals surface area contributed by atoms with E-state index in [1.54, 1.807) is 11.0 Å². The van der Waals surface area contributed by atoms with Crippen LogP contribution in [0.15, 0.2) is 24.3 Å². The zero-order valence-corrected chi connectivity index (χ0v) is 22.6. The number of aliphatic carboxylic acids is 1. The Kier molecular flexibility index (Phi) is 7.36. The van der Waals surface area contributed by atoms with E-state index in [4.69, 9.17) is 0 Å². The molecule has 0 aliphatic carbocycles. The van der Waals surface area contributed by atoms with E-state index in [1.807, 2.05) is 18.2 Å². The zero-order chi connectivity index (χ0) is 29.3. The van der Waals surface area contributed by atoms with Gasteiger partial charge in [-0.1, -0.05) is 18.2 Å². The number of alkyl halides is 6. The van der Waals surface area contributed by atoms with Crippen molar-refractivity contribution in [1.82, 2.24) is 14.5 Å². The summed E-state index contributed by atoms with van der Waals surface area (Å²) in [6.07, 6.45) is -8.43. The molecule has 1 aromatic rings. The van der Waals surface area contributed by atoms with Crippen molar-refractivity contribution >= 4 is 21.7 Å². The van der Waals surface area contributed by atoms with Crippen LogP contribution in [-0.4, -0.2) is 98.7 Å². The maximum absolute atomic E-state index is 13.6. The number of para-hydroxylation sites is 1. The molecule has 4 aliphatic heterocycles. The first-order chi connectivity index (χ1) is 18.5. The van der Waals surface area contributed by atoms with E-state index in [1.165, 1.54) is 10.6 Å². The second-order valence-electron chi connectivity index (χ2n) is 11.7. The second kappa shape index (κ2) is 10.0. The Labute approximate surface area is 228 Å². The van der Waals surface area contributed by atoms with Gasteiger partial charge in [-0.05, 0) is 30.4 Å². The van der Waals surface area contributed by atoms with Gasteiger partial charge in [0.05, 0.1) is 6.26 Å². The Morgan fingerprint density at radius 2 is 1.68 bits per heavy atom. The molecule has 1 spiro atoms. The normalized spacial score (nSPS) is 32.0. The SMILES string of the molecule is CS(=O)(=O)N1CCC2(CCN(c3ccccc3CN3CC4C(C(=O)O)NC(C(C(F)(F)F)C(F)(F)F)C4C3)C2)C1. The molecule has 5 atom stereocenters. The molecule has 8 nitrogen and oxygen atoms in total. The molecule has 15 heteroatoms. The fourth-order valence-electron chi connectivity index (χ4n) is 7.29. The summed E-state index contributed by atoms with van der Waals surface area (Å²) in [5.41, 5.74) is 1.53. The molecule has 4 fully saturated rings. The number of benzene rings is 1. The van der Waals surface area contributed by atoms with E-state index >= 15 is 0 Å². The van der Waals surface area contributed by atoms with Crippen LogP contribution in [0.3, 0.4) is 0 Å². The Bertz CT molecular complexity index is 1230. The molecule has 4 saturated heterocycles. The molecule has 0 radical (unpaired) electrons. The number of anilines is 1. The van der Waals surface area contributed by atoms with Gasteiger partial charge in [-0.2, -0.15) is 26.3 Å². The summed E-state index contributed by atoms with van der Waals surface area (Å²) in [6.45, 7) is 2.40. The monoisotopic (exact) mass is 598 g/mol. The van der Waals surface area contributed by atoms with E-state index in [9.17, 15) is 44.7 Å². The highest BCUT2D eigenvalue weighted by molar-refractivity contribution is 7.88. The van der Waals surface area contributed by atoms with Crippen molar-refractivity contribution in [2.75, 3.05) is 50.4 Å². The Balaban J connectivity index is 1.33. The largest absolute Gasteiger partial charge is 0.480 e. The highest BCUT2D eigenvalue weighted by Crippen LogP contribution is 2.49. The van der Waals surface area contributed by atoms with E-state index < -0.39 is 58.2 Å². The number of carboxylic acids is 1. The van der Waals surface area contributed by atoms with Gasteiger partial charge >= 0.3 is 18.3 Å². The van der Waals surface area contributed by atoms with Crippen LogP contribution in [0.2, 0.25) is 0 Å². The maximum Gasteiger partial charge on any atom is 0.402 e. The Morgan fingerprint density at radius 3 is 2.27 bits per heavy atom. The predicted octanol–water partition coefficient (Wildman–Crippen LogP) is 2.76. The second-order valence-corrected chi connectivity index (χ2v) is 13.7. The van der Waals surface area contributed by atoms with Crippen molar-refractivity contribution in [3.63, 3.8) is 0 Å². The van der Waals surface area contributed by atoms with E-state index in [2.05, 4.69) is 10.2 Å². The van der Waals surface area contributed by atoms with Crippen LogP contribution in [0.1, 0.15) is 18.4 Å². The summed E-state index contributed by atoms with van der Waals surface area (Å²) in [6, 6.07) is 3.80. The number of carboxylic acid groups (broad SMARTS) is 1. The highest BCUT2D eigenvalue weighted by Gasteiger charge is 2.66. The van der Waals surface area contributed by atoms with Gasteiger partial charge in [-0.15, -0.1) is 0 Å². The molecular weight excluding hydrogens is 566 g/mol. The van der Waals surface area contributed by atoms with Gasteiger partial charge in [-0.3, -0.25) is 9.69 Å². The van der Waals surface area contributed by atoms with Gasteiger partial charge in [0.15, 0.2) is 5.92 Å². The van der Waals surface area contributed by atoms with E-state index in [-0.39, 0.29) is 25.0 Å². The summed E-state index contributed by atoms with van der Waals surface area (Å²) in [5.74, 6) is -7.18. The number of sulfonamides is 1. The van der Waals surface area contributed by atoms with Crippen molar-refractivity contribution in [3.8, 4) is 0 Å². The van der Waals surface area contributed by atoms with Crippen LogP contribution >= 0.6 is 0 Å². The molecule has 2 N–H and O–H groups in total. The van der Waals surface area contributed by atoms with Crippen LogP contribution < -0.4 is 10.2 Å². The molecule has 0 bridgehead atoms. The predicted molar refractivity (Wildman–Crippen MR) is 133 cm³/mol. The molecular formula is C25H32F6N4O4S. The van der Waals surface area contributed by atoms with Crippen LogP contribution in [0.4, 0.5) is 32.0 Å². The quantitative estimate of drug-likeness (QED) is 0.487. The molecule has 0 aromatic heterocycles. The third kappa shape index (κ3) is 5.53.